The molecule has 4 aromatic carbocycles. The Balaban J connectivity index is 1.28. The van der Waals surface area contributed by atoms with Crippen LogP contribution in [0.25, 0.3) is 50.5 Å². The highest BCUT2D eigenvalue weighted by Gasteiger charge is 2.26. The molecular formula is C107H169BF2N2O8. The molecular weight excluding hydrogens is 1490 g/mol. The fraction of sp³-hybridized carbons (Fsp3) is 0.673. The normalized spacial score (nSPS) is 11.6. The first-order chi connectivity index (χ1) is 59.2. The number of carbonyl (C=O) groups excluding carboxylic acids is 1. The van der Waals surface area contributed by atoms with Crippen molar-refractivity contribution in [2.24, 2.45) is 0 Å². The lowest BCUT2D eigenvalue weighted by Crippen LogP contribution is -2.07. The van der Waals surface area contributed by atoms with Gasteiger partial charge in [-0.3, -0.25) is 4.79 Å². The van der Waals surface area contributed by atoms with Crippen molar-refractivity contribution < 1.29 is 46.5 Å². The summed E-state index contributed by atoms with van der Waals surface area (Å²) in [5.74, 6) is 3.20. The lowest BCUT2D eigenvalue weighted by Gasteiger charge is -2.20. The van der Waals surface area contributed by atoms with E-state index in [0.29, 0.717) is 85.5 Å². The summed E-state index contributed by atoms with van der Waals surface area (Å²) in [5, 5.41) is 0. The molecule has 120 heavy (non-hydrogen) atoms. The molecule has 2 N–H and O–H groups in total. The second-order valence-electron chi connectivity index (χ2n) is 34.7. The molecule has 2 heterocycles. The Bertz CT molecular complexity index is 3430. The molecule has 0 saturated carbocycles. The number of halogens is 2. The van der Waals surface area contributed by atoms with Gasteiger partial charge in [-0.05, 0) is 109 Å². The zero-order chi connectivity index (χ0) is 85.0. The van der Waals surface area contributed by atoms with Gasteiger partial charge in [-0.15, -0.1) is 0 Å². The van der Waals surface area contributed by atoms with Crippen LogP contribution in [0.5, 0.6) is 34.5 Å². The minimum absolute atomic E-state index is 0.220. The summed E-state index contributed by atoms with van der Waals surface area (Å²) in [6.07, 6.45) is 75.3. The molecule has 0 spiro atoms. The van der Waals surface area contributed by atoms with Crippen LogP contribution in [-0.4, -0.2) is 62.9 Å². The largest absolute Gasteiger partial charge is 0.796 e. The Morgan fingerprint density at radius 2 is 0.492 bits per heavy atom. The molecule has 0 bridgehead atoms. The van der Waals surface area contributed by atoms with E-state index in [0.717, 1.165) is 117 Å². The van der Waals surface area contributed by atoms with Crippen molar-refractivity contribution in [2.75, 3.05) is 39.6 Å². The van der Waals surface area contributed by atoms with Crippen LogP contribution in [0.4, 0.5) is 8.63 Å². The summed E-state index contributed by atoms with van der Waals surface area (Å²) in [6.45, 7) is 17.0. The second kappa shape index (κ2) is 68.8. The van der Waals surface area contributed by atoms with Crippen molar-refractivity contribution in [3.8, 4) is 79.3 Å². The molecule has 2 aromatic heterocycles. The van der Waals surface area contributed by atoms with Crippen LogP contribution in [0.3, 0.4) is 0 Å². The molecule has 13 heteroatoms. The maximum absolute atomic E-state index is 14.8. The van der Waals surface area contributed by atoms with Gasteiger partial charge in [0.05, 0.1) is 51.0 Å². The zero-order valence-corrected chi connectivity index (χ0v) is 77.1. The molecule has 672 valence electrons. The Hall–Kier alpha value is -6.63. The number of nitrogens with one attached hydrogen (secondary N) is 2. The Kier molecular flexibility index (Phi) is 58.6. The maximum atomic E-state index is 14.8. The number of allylic oxidation sites excluding steroid dienone is 1. The van der Waals surface area contributed by atoms with Crippen LogP contribution in [-0.2, 0) is 4.65 Å². The molecule has 0 aliphatic rings. The van der Waals surface area contributed by atoms with E-state index in [1.165, 1.54) is 308 Å². The van der Waals surface area contributed by atoms with Gasteiger partial charge in [0, 0.05) is 28.6 Å². The standard InChI is InChI=1S/C107H169BF2N2O8/c1-7-13-19-25-31-37-43-49-55-65-79-114-102-85-90(86-103(115-80-66-56-50-44-38-32-26-20-14-8-2)106(102)118-83-69-59-53-47-41-35-29-23-17-11-5)92-71-61-63-73-94(92)96-75-77-98(111-96)100(113)89-101(120-108(109)110)99-78-76-97(112-99)95-74-64-62-72-93(95)91-87-104(116-81-67-57-51-45-39-33-27-21-15-9-3)107(119-84-70-60-54-48-42-36-30-24-18-12-6)105(88-91)117-82-68-58-52-46-40-34-28-22-16-10-4/h61-64,71-78,85-89,111-112H,7-60,65-70,79-84H2,1-6H3/b101-89-. The number of ketones is 1. The first kappa shape index (κ1) is 102. The summed E-state index contributed by atoms with van der Waals surface area (Å²) in [6, 6.07) is 31.8. The fourth-order valence-electron chi connectivity index (χ4n) is 16.6. The number of hydrogen-bond acceptors (Lipinski definition) is 8. The van der Waals surface area contributed by atoms with Gasteiger partial charge in [0.1, 0.15) is 5.76 Å². The Morgan fingerprint density at radius 3 is 0.742 bits per heavy atom. The topological polar surface area (TPSA) is 113 Å². The summed E-state index contributed by atoms with van der Waals surface area (Å²) in [4.78, 5) is 21.5. The number of H-pyrrole nitrogens is 2. The molecule has 6 aromatic rings. The molecule has 10 nitrogen and oxygen atoms in total. The lowest BCUT2D eigenvalue weighted by molar-refractivity contribution is 0.104. The summed E-state index contributed by atoms with van der Waals surface area (Å²) < 4.78 is 76.1. The number of carbonyl (C=O) groups is 1. The smallest absolute Gasteiger partial charge is 0.503 e. The summed E-state index contributed by atoms with van der Waals surface area (Å²) >= 11 is 0. The van der Waals surface area contributed by atoms with Crippen molar-refractivity contribution >= 4 is 19.0 Å². The van der Waals surface area contributed by atoms with Crippen molar-refractivity contribution in [3.05, 3.63) is 115 Å². The SMILES string of the molecule is CCCCCCCCCCCCOc1cc(-c2ccccc2-c2ccc(C(=O)/C=C(\OB(F)F)c3ccc(-c4ccccc4-c4cc(OCCCCCCCCCCCC)c(OCCCCCCCCCCCC)c(OCCCCCCCCCCCC)c4)[nH]3)[nH]2)cc(OCCCCCCCCCCCC)c1OCCCCCCCCCCCC. The van der Waals surface area contributed by atoms with E-state index in [-0.39, 0.29) is 17.1 Å². The fourth-order valence-corrected chi connectivity index (χ4v) is 16.6. The van der Waals surface area contributed by atoms with Crippen LogP contribution < -0.4 is 28.4 Å². The first-order valence-electron chi connectivity index (χ1n) is 50.1. The summed E-state index contributed by atoms with van der Waals surface area (Å²) in [5.41, 5.74) is 7.05. The molecule has 6 rings (SSSR count). The number of hydrogen-bond donors (Lipinski definition) is 2. The van der Waals surface area contributed by atoms with Gasteiger partial charge in [0.15, 0.2) is 23.0 Å². The highest BCUT2D eigenvalue weighted by molar-refractivity contribution is 6.36. The minimum atomic E-state index is -3.21. The first-order valence-corrected chi connectivity index (χ1v) is 50.1. The average molecular weight is 1660 g/mol. The van der Waals surface area contributed by atoms with Crippen LogP contribution in [0, 0.1) is 0 Å². The monoisotopic (exact) mass is 1660 g/mol. The lowest BCUT2D eigenvalue weighted by atomic mass is 9.97. The zero-order valence-electron chi connectivity index (χ0n) is 77.1. The van der Waals surface area contributed by atoms with Gasteiger partial charge in [-0.1, -0.05) is 437 Å². The highest BCUT2D eigenvalue weighted by Crippen LogP contribution is 2.47. The maximum Gasteiger partial charge on any atom is 0.796 e. The molecule has 0 saturated heterocycles. The van der Waals surface area contributed by atoms with Crippen LogP contribution in [0.15, 0.2) is 103 Å². The average Bonchev–Trinajstić information content (AvgIpc) is 1.35. The number of benzene rings is 4. The van der Waals surface area contributed by atoms with E-state index < -0.39 is 13.3 Å². The number of aromatic nitrogens is 2. The van der Waals surface area contributed by atoms with E-state index in [4.69, 9.17) is 33.1 Å². The number of ether oxygens (including phenoxy) is 6. The molecule has 0 aliphatic carbocycles. The predicted octanol–water partition coefficient (Wildman–Crippen LogP) is 35.0. The van der Waals surface area contributed by atoms with Gasteiger partial charge < -0.3 is 43.0 Å². The molecule has 0 unspecified atom stereocenters. The molecule has 0 atom stereocenters. The highest BCUT2D eigenvalue weighted by atomic mass is 19.2. The van der Waals surface area contributed by atoms with Crippen LogP contribution in [0.1, 0.15) is 443 Å². The van der Waals surface area contributed by atoms with E-state index in [1.54, 1.807) is 12.1 Å². The van der Waals surface area contributed by atoms with Crippen LogP contribution >= 0.6 is 0 Å². The molecule has 0 aliphatic heterocycles. The Morgan fingerprint density at radius 1 is 0.275 bits per heavy atom. The molecule has 0 amide bonds. The van der Waals surface area contributed by atoms with Crippen LogP contribution in [0.2, 0.25) is 0 Å². The predicted molar refractivity (Wildman–Crippen MR) is 509 cm³/mol. The van der Waals surface area contributed by atoms with E-state index in [9.17, 15) is 13.4 Å². The number of rotatable bonds is 81. The minimum Gasteiger partial charge on any atom is -0.503 e. The number of aromatic amines is 2. The molecule has 0 fully saturated rings. The van der Waals surface area contributed by atoms with Gasteiger partial charge in [-0.2, -0.15) is 0 Å². The van der Waals surface area contributed by atoms with Gasteiger partial charge in [0.25, 0.3) is 0 Å². The van der Waals surface area contributed by atoms with E-state index in [1.807, 2.05) is 48.5 Å². The quantitative estimate of drug-likeness (QED) is 0.0128. The van der Waals surface area contributed by atoms with Gasteiger partial charge in [0.2, 0.25) is 17.3 Å². The third-order valence-corrected chi connectivity index (χ3v) is 24.0. The van der Waals surface area contributed by atoms with Crippen molar-refractivity contribution in [1.29, 1.82) is 0 Å². The number of unbranched alkanes of at least 4 members (excludes halogenated alkanes) is 54. The third kappa shape index (κ3) is 44.1. The van der Waals surface area contributed by atoms with Gasteiger partial charge in [-0.25, -0.2) is 8.63 Å². The van der Waals surface area contributed by atoms with Crippen molar-refractivity contribution in [3.63, 3.8) is 0 Å². The third-order valence-electron chi connectivity index (χ3n) is 24.0. The Labute approximate surface area is 731 Å². The van der Waals surface area contributed by atoms with Crippen molar-refractivity contribution in [2.45, 2.75) is 427 Å². The second-order valence-corrected chi connectivity index (χ2v) is 34.7. The van der Waals surface area contributed by atoms with E-state index in [2.05, 4.69) is 87.9 Å². The van der Waals surface area contributed by atoms with Gasteiger partial charge >= 0.3 is 7.47 Å². The summed E-state index contributed by atoms with van der Waals surface area (Å²) in [7, 11) is -3.21. The van der Waals surface area contributed by atoms with Crippen molar-refractivity contribution in [1.82, 2.24) is 9.97 Å². The van der Waals surface area contributed by atoms with E-state index >= 15 is 0 Å². The molecule has 0 radical (unpaired) electrons.